The van der Waals surface area contributed by atoms with Gasteiger partial charge in [-0.3, -0.25) is 4.79 Å². The lowest BCUT2D eigenvalue weighted by atomic mass is 9.73. The van der Waals surface area contributed by atoms with Gasteiger partial charge in [-0.1, -0.05) is 71.8 Å². The van der Waals surface area contributed by atoms with Crippen molar-refractivity contribution in [3.8, 4) is 0 Å². The number of carbonyl (C=O) groups is 1. The van der Waals surface area contributed by atoms with Crippen molar-refractivity contribution in [1.29, 1.82) is 0 Å². The van der Waals surface area contributed by atoms with Gasteiger partial charge < -0.3 is 0 Å². The third-order valence-electron chi connectivity index (χ3n) is 2.69. The van der Waals surface area contributed by atoms with Crippen LogP contribution in [0.25, 0.3) is 0 Å². The number of rotatable bonds is 4. The van der Waals surface area contributed by atoms with E-state index in [2.05, 4.69) is 0 Å². The highest BCUT2D eigenvalue weighted by molar-refractivity contribution is 5.86. The van der Waals surface area contributed by atoms with Crippen LogP contribution in [0.1, 0.15) is 63.1 Å². The molecule has 0 amide bonds. The molecule has 0 fully saturated rings. The quantitative estimate of drug-likeness (QED) is 0.758. The van der Waals surface area contributed by atoms with E-state index in [1.165, 1.54) is 0 Å². The molecule has 19 heavy (non-hydrogen) atoms. The Morgan fingerprint density at radius 1 is 1.16 bits per heavy atom. The van der Waals surface area contributed by atoms with Gasteiger partial charge in [-0.2, -0.15) is 0 Å². The predicted molar refractivity (Wildman–Crippen MR) is 82.2 cm³/mol. The molecule has 0 heterocycles. The zero-order valence-corrected chi connectivity index (χ0v) is 12.7. The maximum Gasteiger partial charge on any atom is 0.141 e. The highest BCUT2D eigenvalue weighted by Crippen LogP contribution is 2.32. The normalized spacial score (nSPS) is 20.2. The van der Waals surface area contributed by atoms with Gasteiger partial charge in [-0.15, -0.1) is 0 Å². The second-order valence-corrected chi connectivity index (χ2v) is 7.08. The van der Waals surface area contributed by atoms with E-state index in [9.17, 15) is 4.79 Å². The van der Waals surface area contributed by atoms with E-state index >= 15 is 0 Å². The maximum atomic E-state index is 13.0. The number of ketones is 1. The molecule has 0 aromatic heterocycles. The second kappa shape index (κ2) is 5.90. The Hall–Kier alpha value is -1.11. The number of Topliss-reactive ketones (excluding diaryl/α,β-unsaturated/α-hetero) is 1. The lowest BCUT2D eigenvalue weighted by molar-refractivity contribution is -0.131. The van der Waals surface area contributed by atoms with E-state index in [0.717, 1.165) is 0 Å². The highest BCUT2D eigenvalue weighted by Gasteiger charge is 2.32. The molecular formula is C18H28O. The summed E-state index contributed by atoms with van der Waals surface area (Å²) in [7, 11) is 0. The van der Waals surface area contributed by atoms with Crippen molar-refractivity contribution in [2.24, 2.45) is 16.7 Å². The van der Waals surface area contributed by atoms with E-state index in [4.69, 9.17) is 9.60 Å². The summed E-state index contributed by atoms with van der Waals surface area (Å²) in [5, 5.41) is 0. The molecule has 0 aliphatic rings. The summed E-state index contributed by atoms with van der Waals surface area (Å²) in [6.07, 6.45) is -2.20. The summed E-state index contributed by atoms with van der Waals surface area (Å²) in [5.41, 5.74) is -1.65. The van der Waals surface area contributed by atoms with Gasteiger partial charge in [0, 0.05) is 14.1 Å². The van der Waals surface area contributed by atoms with Crippen LogP contribution in [0, 0.1) is 16.7 Å². The van der Waals surface area contributed by atoms with Crippen molar-refractivity contribution in [2.45, 2.75) is 54.3 Å². The fraction of sp³-hybridized carbons (Fsp3) is 0.611. The summed E-state index contributed by atoms with van der Waals surface area (Å²) in [4.78, 5) is 13.0. The van der Waals surface area contributed by atoms with Gasteiger partial charge in [0.05, 0.1) is 6.85 Å². The summed E-state index contributed by atoms with van der Waals surface area (Å²) in [6.45, 7) is 10.7. The first-order chi connectivity index (χ1) is 11.4. The van der Waals surface area contributed by atoms with Crippen molar-refractivity contribution in [3.63, 3.8) is 0 Å². The molecule has 106 valence electrons. The molecule has 0 bridgehead atoms. The summed E-state index contributed by atoms with van der Waals surface area (Å²) in [6, 6.07) is -2.96. The topological polar surface area (TPSA) is 17.1 Å². The van der Waals surface area contributed by atoms with Gasteiger partial charge >= 0.3 is 0 Å². The number of benzene rings is 1. The molecule has 1 nitrogen and oxygen atoms in total. The molecule has 1 heteroatoms. The highest BCUT2D eigenvalue weighted by atomic mass is 16.1. The Morgan fingerprint density at radius 3 is 2.11 bits per heavy atom. The van der Waals surface area contributed by atoms with Gasteiger partial charge in [0.1, 0.15) is 5.78 Å². The van der Waals surface area contributed by atoms with Crippen LogP contribution in [-0.2, 0) is 11.2 Å². The smallest absolute Gasteiger partial charge is 0.141 e. The Bertz CT molecular complexity index is 683. The Labute approximate surface area is 128 Å². The van der Waals surface area contributed by atoms with Crippen LogP contribution in [-0.4, -0.2) is 5.78 Å². The Kier molecular flexibility index (Phi) is 2.56. The Morgan fingerprint density at radius 2 is 1.68 bits per heavy atom. The van der Waals surface area contributed by atoms with Crippen molar-refractivity contribution in [3.05, 3.63) is 35.8 Å². The van der Waals surface area contributed by atoms with Crippen molar-refractivity contribution >= 4 is 5.78 Å². The molecule has 0 N–H and O–H groups in total. The fourth-order valence-electron chi connectivity index (χ4n) is 1.84. The lowest BCUT2D eigenvalue weighted by Gasteiger charge is -2.30. The average molecular weight is 267 g/mol. The molecule has 0 saturated carbocycles. The third-order valence-corrected chi connectivity index (χ3v) is 2.69. The van der Waals surface area contributed by atoms with Gasteiger partial charge in [0.15, 0.2) is 0 Å². The number of hydrogen-bond donors (Lipinski definition) is 0. The molecule has 1 atom stereocenters. The van der Waals surface area contributed by atoms with Crippen molar-refractivity contribution < 1.29 is 14.4 Å². The van der Waals surface area contributed by atoms with E-state index in [-0.39, 0.29) is 17.6 Å². The monoisotopic (exact) mass is 267 g/mol. The van der Waals surface area contributed by atoms with Crippen LogP contribution >= 0.6 is 0 Å². The first kappa shape index (κ1) is 8.24. The van der Waals surface area contributed by atoms with Gasteiger partial charge in [0.25, 0.3) is 0 Å². The molecule has 1 rings (SSSR count). The maximum absolute atomic E-state index is 13.0. The van der Waals surface area contributed by atoms with Crippen molar-refractivity contribution in [2.75, 3.05) is 0 Å². The largest absolute Gasteiger partial charge is 0.299 e. The van der Waals surface area contributed by atoms with E-state index in [1.54, 1.807) is 20.8 Å². The lowest BCUT2D eigenvalue weighted by Crippen LogP contribution is -2.32. The molecule has 0 spiro atoms. The molecule has 1 aromatic rings. The van der Waals surface area contributed by atoms with Crippen LogP contribution in [0.3, 0.4) is 0 Å². The van der Waals surface area contributed by atoms with Crippen LogP contribution < -0.4 is 0 Å². The zero-order valence-electron chi connectivity index (χ0n) is 19.7. The first-order valence-electron chi connectivity index (χ1n) is 10.0. The predicted octanol–water partition coefficient (Wildman–Crippen LogP) is 4.90. The number of hydrogen-bond acceptors (Lipinski definition) is 1. The van der Waals surface area contributed by atoms with Gasteiger partial charge in [-0.05, 0) is 23.8 Å². The van der Waals surface area contributed by atoms with Crippen LogP contribution in [0.2, 0.25) is 0 Å². The van der Waals surface area contributed by atoms with Gasteiger partial charge in [-0.25, -0.2) is 0 Å². The third kappa shape index (κ3) is 5.59. The standard InChI is InChI=1S/C18H28O/c1-17(2,3)13-15(16(19)18(4,5)6)12-14-10-8-7-9-11-14/h7-11,15H,12-13H2,1-6H3/t15-/m1/s1/i7D,8D,9D,10D,11D,12D2. The molecule has 0 aliphatic heterocycles. The van der Waals surface area contributed by atoms with E-state index in [0.29, 0.717) is 0 Å². The van der Waals surface area contributed by atoms with Gasteiger partial charge in [0.2, 0.25) is 0 Å². The van der Waals surface area contributed by atoms with E-state index in [1.807, 2.05) is 20.8 Å². The average Bonchev–Trinajstić information content (AvgIpc) is 2.46. The summed E-state index contributed by atoms with van der Waals surface area (Å²) in [5.74, 6) is -1.46. The molecule has 1 aromatic carbocycles. The summed E-state index contributed by atoms with van der Waals surface area (Å²) < 4.78 is 56.8. The van der Waals surface area contributed by atoms with Crippen LogP contribution in [0.4, 0.5) is 0 Å². The molecule has 0 saturated heterocycles. The molecule has 0 unspecified atom stereocenters. The second-order valence-electron chi connectivity index (χ2n) is 7.08. The minimum absolute atomic E-state index is 0.193. The number of carbonyl (C=O) groups excluding carboxylic acids is 1. The minimum Gasteiger partial charge on any atom is -0.299 e. The fourth-order valence-corrected chi connectivity index (χ4v) is 1.84. The van der Waals surface area contributed by atoms with Crippen LogP contribution in [0.15, 0.2) is 30.2 Å². The molecule has 0 radical (unpaired) electrons. The van der Waals surface area contributed by atoms with Crippen molar-refractivity contribution in [1.82, 2.24) is 0 Å². The molecular weight excluding hydrogens is 232 g/mol. The summed E-state index contributed by atoms with van der Waals surface area (Å²) >= 11 is 0. The van der Waals surface area contributed by atoms with Crippen LogP contribution in [0.5, 0.6) is 0 Å². The zero-order chi connectivity index (χ0) is 20.8. The first-order valence-corrected chi connectivity index (χ1v) is 6.54. The minimum atomic E-state index is -2.40. The molecule has 0 aliphatic carbocycles. The SMILES string of the molecule is [2H]c1c([2H])c([2H])c(C([2H])([2H])[C@H](CC(C)(C)C)C(=O)C(C)(C)C)c([2H])c1[2H]. The Balaban J connectivity index is 3.73. The van der Waals surface area contributed by atoms with E-state index < -0.39 is 53.5 Å².